The highest BCUT2D eigenvalue weighted by molar-refractivity contribution is 8.00. The quantitative estimate of drug-likeness (QED) is 0.928. The first kappa shape index (κ1) is 16.7. The maximum Gasteiger partial charge on any atom is 0.141 e. The summed E-state index contributed by atoms with van der Waals surface area (Å²) in [6.07, 6.45) is 2.45. The van der Waals surface area contributed by atoms with Gasteiger partial charge in [0, 0.05) is 23.6 Å². The summed E-state index contributed by atoms with van der Waals surface area (Å²) in [6, 6.07) is 2.98. The Morgan fingerprint density at radius 3 is 2.86 bits per heavy atom. The van der Waals surface area contributed by atoms with Gasteiger partial charge in [0.25, 0.3) is 0 Å². The van der Waals surface area contributed by atoms with Crippen molar-refractivity contribution in [2.24, 2.45) is 11.7 Å². The second-order valence-electron chi connectivity index (χ2n) is 6.56. The molecule has 1 saturated heterocycles. The first-order valence-corrected chi connectivity index (χ1v) is 8.59. The van der Waals surface area contributed by atoms with E-state index in [0.717, 1.165) is 25.3 Å². The molecule has 2 heterocycles. The molecule has 2 rings (SSSR count). The number of hydrogen-bond acceptors (Lipinski definition) is 4. The number of hydrogen-bond donors (Lipinski definition) is 1. The van der Waals surface area contributed by atoms with Crippen molar-refractivity contribution in [1.82, 2.24) is 9.88 Å². The summed E-state index contributed by atoms with van der Waals surface area (Å²) in [5.74, 6) is 1.16. The molecule has 0 spiro atoms. The number of thioether (sulfide) groups is 1. The highest BCUT2D eigenvalue weighted by Gasteiger charge is 2.26. The monoisotopic (exact) mass is 311 g/mol. The minimum Gasteiger partial charge on any atom is -0.322 e. The molecule has 1 aliphatic heterocycles. The van der Waals surface area contributed by atoms with Crippen LogP contribution in [0.5, 0.6) is 0 Å². The Labute approximate surface area is 131 Å². The Bertz CT molecular complexity index is 449. The van der Waals surface area contributed by atoms with Gasteiger partial charge in [0.1, 0.15) is 5.82 Å². The highest BCUT2D eigenvalue weighted by Crippen LogP contribution is 2.31. The molecule has 118 valence electrons. The molecule has 3 nitrogen and oxygen atoms in total. The molecule has 1 aromatic heterocycles. The van der Waals surface area contributed by atoms with Gasteiger partial charge < -0.3 is 10.6 Å². The van der Waals surface area contributed by atoms with Crippen LogP contribution in [0.4, 0.5) is 4.39 Å². The van der Waals surface area contributed by atoms with Crippen molar-refractivity contribution in [3.8, 4) is 0 Å². The molecule has 1 aromatic rings. The summed E-state index contributed by atoms with van der Waals surface area (Å²) in [7, 11) is 0. The third-order valence-corrected chi connectivity index (χ3v) is 5.55. The van der Waals surface area contributed by atoms with Crippen LogP contribution in [0.25, 0.3) is 0 Å². The maximum absolute atomic E-state index is 12.9. The van der Waals surface area contributed by atoms with Crippen LogP contribution in [0.1, 0.15) is 38.9 Å². The van der Waals surface area contributed by atoms with Crippen LogP contribution >= 0.6 is 11.8 Å². The molecule has 0 aliphatic carbocycles. The Hall–Kier alpha value is -0.650. The van der Waals surface area contributed by atoms with Crippen LogP contribution in [-0.4, -0.2) is 40.0 Å². The average Bonchev–Trinajstić information content (AvgIpc) is 2.60. The van der Waals surface area contributed by atoms with Gasteiger partial charge in [-0.1, -0.05) is 20.8 Å². The predicted octanol–water partition coefficient (Wildman–Crippen LogP) is 3.07. The molecule has 0 saturated carbocycles. The fraction of sp³-hybridized carbons (Fsp3) is 0.688. The minimum atomic E-state index is -0.314. The van der Waals surface area contributed by atoms with E-state index in [2.05, 4.69) is 42.4 Å². The summed E-state index contributed by atoms with van der Waals surface area (Å²) < 4.78 is 13.3. The van der Waals surface area contributed by atoms with Gasteiger partial charge in [-0.05, 0) is 31.0 Å². The van der Waals surface area contributed by atoms with E-state index in [1.54, 1.807) is 6.07 Å². The maximum atomic E-state index is 12.9. The zero-order chi connectivity index (χ0) is 15.5. The second-order valence-corrected chi connectivity index (χ2v) is 8.37. The highest BCUT2D eigenvalue weighted by atomic mass is 32.2. The van der Waals surface area contributed by atoms with Crippen LogP contribution in [-0.2, 0) is 0 Å². The van der Waals surface area contributed by atoms with Crippen LogP contribution in [0.2, 0.25) is 0 Å². The van der Waals surface area contributed by atoms with Crippen LogP contribution in [0.15, 0.2) is 18.3 Å². The van der Waals surface area contributed by atoms with E-state index in [0.29, 0.717) is 10.7 Å². The molecule has 0 amide bonds. The molecule has 0 bridgehead atoms. The first-order chi connectivity index (χ1) is 9.87. The van der Waals surface area contributed by atoms with Crippen molar-refractivity contribution < 1.29 is 4.39 Å². The Morgan fingerprint density at radius 1 is 1.43 bits per heavy atom. The third-order valence-electron chi connectivity index (χ3n) is 4.18. The smallest absolute Gasteiger partial charge is 0.141 e. The fourth-order valence-corrected chi connectivity index (χ4v) is 3.78. The van der Waals surface area contributed by atoms with E-state index in [1.807, 2.05) is 0 Å². The van der Waals surface area contributed by atoms with Crippen molar-refractivity contribution >= 4 is 11.8 Å². The van der Waals surface area contributed by atoms with Crippen molar-refractivity contribution in [2.75, 3.05) is 25.4 Å². The van der Waals surface area contributed by atoms with Gasteiger partial charge in [-0.2, -0.15) is 11.8 Å². The molecular weight excluding hydrogens is 285 g/mol. The SMILES string of the molecule is CC(CN1CCSC(C)(C)CC1)C(N)c1ccc(F)cn1. The zero-order valence-corrected chi connectivity index (χ0v) is 14.0. The van der Waals surface area contributed by atoms with Crippen LogP contribution in [0.3, 0.4) is 0 Å². The molecule has 21 heavy (non-hydrogen) atoms. The number of halogens is 1. The molecule has 2 unspecified atom stereocenters. The minimum absolute atomic E-state index is 0.144. The number of pyridine rings is 1. The van der Waals surface area contributed by atoms with Crippen molar-refractivity contribution in [3.63, 3.8) is 0 Å². The van der Waals surface area contributed by atoms with E-state index in [9.17, 15) is 4.39 Å². The Morgan fingerprint density at radius 2 is 2.19 bits per heavy atom. The summed E-state index contributed by atoms with van der Waals surface area (Å²) in [6.45, 7) is 9.99. The lowest BCUT2D eigenvalue weighted by Crippen LogP contribution is -2.35. The lowest BCUT2D eigenvalue weighted by Gasteiger charge is -2.27. The molecule has 1 fully saturated rings. The predicted molar refractivity (Wildman–Crippen MR) is 87.9 cm³/mol. The van der Waals surface area contributed by atoms with Crippen LogP contribution in [0, 0.1) is 11.7 Å². The normalized spacial score (nSPS) is 22.5. The van der Waals surface area contributed by atoms with Gasteiger partial charge in [0.15, 0.2) is 0 Å². The van der Waals surface area contributed by atoms with Crippen molar-refractivity contribution in [2.45, 2.75) is 38.0 Å². The third kappa shape index (κ3) is 4.94. The molecule has 0 aromatic carbocycles. The van der Waals surface area contributed by atoms with Crippen molar-refractivity contribution in [3.05, 3.63) is 29.8 Å². The van der Waals surface area contributed by atoms with Gasteiger partial charge in [0.05, 0.1) is 17.9 Å². The number of rotatable bonds is 4. The fourth-order valence-electron chi connectivity index (χ4n) is 2.64. The lowest BCUT2D eigenvalue weighted by molar-refractivity contribution is 0.229. The molecule has 2 N–H and O–H groups in total. The lowest BCUT2D eigenvalue weighted by atomic mass is 9.98. The summed E-state index contributed by atoms with van der Waals surface area (Å²) in [4.78, 5) is 6.61. The Kier molecular flexibility index (Phi) is 5.63. The molecule has 5 heteroatoms. The van der Waals surface area contributed by atoms with Gasteiger partial charge in [-0.15, -0.1) is 0 Å². The number of aromatic nitrogens is 1. The summed E-state index contributed by atoms with van der Waals surface area (Å²) in [5, 5.41) is 0. The zero-order valence-electron chi connectivity index (χ0n) is 13.2. The van der Waals surface area contributed by atoms with E-state index in [-0.39, 0.29) is 11.9 Å². The van der Waals surface area contributed by atoms with Gasteiger partial charge in [-0.25, -0.2) is 4.39 Å². The molecule has 0 radical (unpaired) electrons. The first-order valence-electron chi connectivity index (χ1n) is 7.61. The van der Waals surface area contributed by atoms with Crippen LogP contribution < -0.4 is 5.73 Å². The molecule has 2 atom stereocenters. The van der Waals surface area contributed by atoms with Crippen molar-refractivity contribution in [1.29, 1.82) is 0 Å². The molecule has 1 aliphatic rings. The van der Waals surface area contributed by atoms with Gasteiger partial charge in [0.2, 0.25) is 0 Å². The largest absolute Gasteiger partial charge is 0.322 e. The second kappa shape index (κ2) is 7.07. The molecular formula is C16H26FN3S. The van der Waals surface area contributed by atoms with E-state index in [1.165, 1.54) is 24.4 Å². The van der Waals surface area contributed by atoms with E-state index >= 15 is 0 Å². The topological polar surface area (TPSA) is 42.1 Å². The summed E-state index contributed by atoms with van der Waals surface area (Å²) >= 11 is 2.05. The van der Waals surface area contributed by atoms with Gasteiger partial charge in [-0.3, -0.25) is 4.98 Å². The number of nitrogens with two attached hydrogens (primary N) is 1. The Balaban J connectivity index is 1.91. The van der Waals surface area contributed by atoms with Gasteiger partial charge >= 0.3 is 0 Å². The number of nitrogens with zero attached hydrogens (tertiary/aromatic N) is 2. The van der Waals surface area contributed by atoms with E-state index < -0.39 is 0 Å². The average molecular weight is 311 g/mol. The standard InChI is InChI=1S/C16H26FN3S/c1-12(15(18)14-5-4-13(17)10-19-14)11-20-7-6-16(2,3)21-9-8-20/h4-5,10,12,15H,6-9,11,18H2,1-3H3. The van der Waals surface area contributed by atoms with E-state index in [4.69, 9.17) is 5.73 Å². The summed E-state index contributed by atoms with van der Waals surface area (Å²) in [5.41, 5.74) is 7.05.